The third-order valence-electron chi connectivity index (χ3n) is 5.32. The van der Waals surface area contributed by atoms with E-state index >= 15 is 0 Å². The number of ether oxygens (including phenoxy) is 3. The monoisotopic (exact) mass is 485 g/mol. The molecule has 0 saturated heterocycles. The molecule has 1 aromatic heterocycles. The zero-order chi connectivity index (χ0) is 25.1. The van der Waals surface area contributed by atoms with Gasteiger partial charge in [0.1, 0.15) is 23.7 Å². The number of amides is 1. The van der Waals surface area contributed by atoms with Crippen molar-refractivity contribution in [1.29, 1.82) is 0 Å². The van der Waals surface area contributed by atoms with Gasteiger partial charge in [-0.25, -0.2) is 14.8 Å². The van der Waals surface area contributed by atoms with E-state index in [1.54, 1.807) is 48.8 Å². The normalized spacial score (nSPS) is 11.7. The number of aromatic nitrogens is 2. The van der Waals surface area contributed by atoms with Crippen LogP contribution in [-0.4, -0.2) is 38.9 Å². The summed E-state index contributed by atoms with van der Waals surface area (Å²) < 4.78 is 16.2. The molecule has 3 N–H and O–H groups in total. The molecule has 0 aliphatic carbocycles. The number of rotatable bonds is 7. The molecule has 1 aliphatic rings. The number of carboxylic acid groups (broad SMARTS) is 1. The molecule has 0 bridgehead atoms. The number of aromatic hydroxyl groups is 1. The van der Waals surface area contributed by atoms with E-state index in [0.717, 1.165) is 0 Å². The van der Waals surface area contributed by atoms with Crippen LogP contribution in [-0.2, 0) is 6.61 Å². The highest BCUT2D eigenvalue weighted by molar-refractivity contribution is 6.05. The van der Waals surface area contributed by atoms with Crippen LogP contribution in [0.25, 0.3) is 11.4 Å². The van der Waals surface area contributed by atoms with E-state index in [4.69, 9.17) is 19.3 Å². The van der Waals surface area contributed by atoms with Gasteiger partial charge in [0.15, 0.2) is 17.3 Å². The Labute approximate surface area is 204 Å². The number of hydrogen-bond acceptors (Lipinski definition) is 8. The van der Waals surface area contributed by atoms with Gasteiger partial charge in [-0.3, -0.25) is 4.79 Å². The molecule has 0 spiro atoms. The number of fused-ring (bicyclic) bond motifs is 1. The average Bonchev–Trinajstić information content (AvgIpc) is 3.36. The Morgan fingerprint density at radius 2 is 1.78 bits per heavy atom. The van der Waals surface area contributed by atoms with Crippen molar-refractivity contribution in [2.75, 3.05) is 12.1 Å². The number of nitrogens with zero attached hydrogens (tertiary/aromatic N) is 2. The minimum atomic E-state index is -1.25. The fraction of sp³-hybridized carbons (Fsp3) is 0.0769. The van der Waals surface area contributed by atoms with E-state index in [1.807, 2.05) is 6.07 Å². The van der Waals surface area contributed by atoms with Crippen molar-refractivity contribution in [3.63, 3.8) is 0 Å². The van der Waals surface area contributed by atoms with Crippen LogP contribution in [0, 0.1) is 0 Å². The summed E-state index contributed by atoms with van der Waals surface area (Å²) in [5.74, 6) is 0.001000. The van der Waals surface area contributed by atoms with E-state index in [1.165, 1.54) is 18.2 Å². The Kier molecular flexibility index (Phi) is 6.06. The highest BCUT2D eigenvalue weighted by Crippen LogP contribution is 2.33. The Morgan fingerprint density at radius 3 is 2.58 bits per heavy atom. The SMILES string of the molecule is O=C(Nc1cccc(-c2ncc(COc3ccc(O)c(C(=O)O)c3)cn2)c1)c1ccc2c(c1)OCO2. The van der Waals surface area contributed by atoms with Gasteiger partial charge in [0.2, 0.25) is 6.79 Å². The van der Waals surface area contributed by atoms with Gasteiger partial charge in [-0.1, -0.05) is 12.1 Å². The quantitative estimate of drug-likeness (QED) is 0.353. The van der Waals surface area contributed by atoms with Crippen LogP contribution in [0.1, 0.15) is 26.3 Å². The number of phenols is 1. The second-order valence-electron chi connectivity index (χ2n) is 7.79. The number of hydrogen-bond donors (Lipinski definition) is 3. The third-order valence-corrected chi connectivity index (χ3v) is 5.32. The topological polar surface area (TPSA) is 140 Å². The standard InChI is InChI=1S/C26H19N3O7/c30-21-6-5-19(10-20(21)26(32)33)34-13-15-11-27-24(28-12-15)16-2-1-3-18(8-16)29-25(31)17-4-7-22-23(9-17)36-14-35-22/h1-12,30H,13-14H2,(H,29,31)(H,32,33). The van der Waals surface area contributed by atoms with Crippen LogP contribution in [0.4, 0.5) is 5.69 Å². The molecule has 2 heterocycles. The van der Waals surface area contributed by atoms with E-state index in [2.05, 4.69) is 15.3 Å². The summed E-state index contributed by atoms with van der Waals surface area (Å²) in [6, 6.07) is 16.1. The van der Waals surface area contributed by atoms with Crippen LogP contribution in [0.5, 0.6) is 23.0 Å². The van der Waals surface area contributed by atoms with Gasteiger partial charge < -0.3 is 29.7 Å². The first-order valence-corrected chi connectivity index (χ1v) is 10.8. The maximum Gasteiger partial charge on any atom is 0.339 e. The molecule has 3 aromatic carbocycles. The number of carbonyl (C=O) groups excluding carboxylic acids is 1. The van der Waals surface area contributed by atoms with Crippen molar-refractivity contribution in [3.05, 3.63) is 89.7 Å². The molecule has 180 valence electrons. The number of aromatic carboxylic acids is 1. The van der Waals surface area contributed by atoms with Crippen molar-refractivity contribution >= 4 is 17.6 Å². The summed E-state index contributed by atoms with van der Waals surface area (Å²) in [4.78, 5) is 32.6. The second-order valence-corrected chi connectivity index (χ2v) is 7.79. The van der Waals surface area contributed by atoms with Crippen molar-refractivity contribution < 1.29 is 34.0 Å². The van der Waals surface area contributed by atoms with Crippen LogP contribution in [0.3, 0.4) is 0 Å². The van der Waals surface area contributed by atoms with Gasteiger partial charge in [-0.2, -0.15) is 0 Å². The summed E-state index contributed by atoms with van der Waals surface area (Å²) in [6.07, 6.45) is 3.19. The molecule has 0 saturated carbocycles. The Morgan fingerprint density at radius 1 is 0.972 bits per heavy atom. The average molecular weight is 485 g/mol. The maximum atomic E-state index is 12.7. The maximum absolute atomic E-state index is 12.7. The van der Waals surface area contributed by atoms with E-state index in [0.29, 0.717) is 45.5 Å². The molecule has 1 aliphatic heterocycles. The van der Waals surface area contributed by atoms with E-state index in [-0.39, 0.29) is 30.6 Å². The summed E-state index contributed by atoms with van der Waals surface area (Å²) in [7, 11) is 0. The Hall–Kier alpha value is -5.12. The number of carbonyl (C=O) groups is 2. The van der Waals surface area contributed by atoms with Gasteiger partial charge in [-0.05, 0) is 48.5 Å². The summed E-state index contributed by atoms with van der Waals surface area (Å²) in [5, 5.41) is 21.6. The smallest absolute Gasteiger partial charge is 0.339 e. The highest BCUT2D eigenvalue weighted by Gasteiger charge is 2.16. The molecule has 10 heteroatoms. The molecule has 1 amide bonds. The minimum Gasteiger partial charge on any atom is -0.507 e. The first-order valence-electron chi connectivity index (χ1n) is 10.8. The molecule has 0 unspecified atom stereocenters. The molecule has 36 heavy (non-hydrogen) atoms. The first kappa shape index (κ1) is 22.7. The molecule has 0 atom stereocenters. The van der Waals surface area contributed by atoms with E-state index in [9.17, 15) is 14.7 Å². The first-order chi connectivity index (χ1) is 17.5. The number of anilines is 1. The summed E-state index contributed by atoms with van der Waals surface area (Å²) in [5.41, 5.74) is 2.14. The molecule has 0 fully saturated rings. The lowest BCUT2D eigenvalue weighted by Crippen LogP contribution is -2.11. The molecular formula is C26H19N3O7. The zero-order valence-corrected chi connectivity index (χ0v) is 18.7. The van der Waals surface area contributed by atoms with E-state index < -0.39 is 5.97 Å². The lowest BCUT2D eigenvalue weighted by molar-refractivity contribution is 0.0693. The molecular weight excluding hydrogens is 466 g/mol. The minimum absolute atomic E-state index is 0.107. The van der Waals surface area contributed by atoms with Crippen LogP contribution in [0.15, 0.2) is 73.1 Å². The molecule has 4 aromatic rings. The largest absolute Gasteiger partial charge is 0.507 e. The van der Waals surface area contributed by atoms with Gasteiger partial charge in [-0.15, -0.1) is 0 Å². The van der Waals surface area contributed by atoms with Gasteiger partial charge in [0.05, 0.1) is 0 Å². The van der Waals surface area contributed by atoms with Crippen LogP contribution >= 0.6 is 0 Å². The van der Waals surface area contributed by atoms with Gasteiger partial charge in [0, 0.05) is 34.8 Å². The predicted octanol–water partition coefficient (Wildman–Crippen LogP) is 4.11. The number of benzene rings is 3. The summed E-state index contributed by atoms with van der Waals surface area (Å²) >= 11 is 0. The van der Waals surface area contributed by atoms with Crippen molar-refractivity contribution in [2.45, 2.75) is 6.61 Å². The van der Waals surface area contributed by atoms with Crippen molar-refractivity contribution in [1.82, 2.24) is 9.97 Å². The Bertz CT molecular complexity index is 1450. The lowest BCUT2D eigenvalue weighted by atomic mass is 10.1. The lowest BCUT2D eigenvalue weighted by Gasteiger charge is -2.09. The molecule has 10 nitrogen and oxygen atoms in total. The van der Waals surface area contributed by atoms with Crippen LogP contribution < -0.4 is 19.5 Å². The number of carboxylic acids is 1. The highest BCUT2D eigenvalue weighted by atomic mass is 16.7. The molecule has 5 rings (SSSR count). The second kappa shape index (κ2) is 9.63. The zero-order valence-electron chi connectivity index (χ0n) is 18.7. The predicted molar refractivity (Wildman–Crippen MR) is 127 cm³/mol. The van der Waals surface area contributed by atoms with Gasteiger partial charge >= 0.3 is 5.97 Å². The fourth-order valence-electron chi connectivity index (χ4n) is 3.50. The number of nitrogens with one attached hydrogen (secondary N) is 1. The van der Waals surface area contributed by atoms with Crippen LogP contribution in [0.2, 0.25) is 0 Å². The van der Waals surface area contributed by atoms with Crippen molar-refractivity contribution in [2.24, 2.45) is 0 Å². The molecule has 0 radical (unpaired) electrons. The Balaban J connectivity index is 1.24. The third kappa shape index (κ3) is 4.87. The summed E-state index contributed by atoms with van der Waals surface area (Å²) in [6.45, 7) is 0.242. The fourth-order valence-corrected chi connectivity index (χ4v) is 3.50. The van der Waals surface area contributed by atoms with Crippen molar-refractivity contribution in [3.8, 4) is 34.4 Å². The van der Waals surface area contributed by atoms with Gasteiger partial charge in [0.25, 0.3) is 5.91 Å².